The molecule has 0 N–H and O–H groups in total. The van der Waals surface area contributed by atoms with E-state index in [0.717, 1.165) is 23.6 Å². The molecular weight excluding hydrogens is 371 g/mol. The van der Waals surface area contributed by atoms with E-state index in [4.69, 9.17) is 0 Å². The van der Waals surface area contributed by atoms with E-state index in [-0.39, 0.29) is 5.95 Å². The molecule has 28 heavy (non-hydrogen) atoms. The largest absolute Gasteiger partial charge is 0.433 e. The van der Waals surface area contributed by atoms with Crippen LogP contribution in [0.5, 0.6) is 0 Å². The molecule has 0 spiro atoms. The van der Waals surface area contributed by atoms with E-state index in [2.05, 4.69) is 25.0 Å². The van der Waals surface area contributed by atoms with Crippen molar-refractivity contribution in [3.05, 3.63) is 54.1 Å². The molecular formula is C18H18F3N7. The highest BCUT2D eigenvalue weighted by Gasteiger charge is 2.33. The molecule has 0 aromatic carbocycles. The Morgan fingerprint density at radius 1 is 0.929 bits per heavy atom. The Bertz CT molecular complexity index is 962. The van der Waals surface area contributed by atoms with Crippen LogP contribution in [0.15, 0.2) is 42.9 Å². The smallest absolute Gasteiger partial charge is 0.353 e. The standard InChI is InChI=1S/C18H18F3N7/c1-13-11-23-28(12-13)16-4-2-3-15(25-16)26-7-9-27(10-8-26)17-22-6-5-14(24-17)18(19,20)21/h2-6,11-12H,7-10H2,1H3. The van der Waals surface area contributed by atoms with Gasteiger partial charge >= 0.3 is 6.18 Å². The summed E-state index contributed by atoms with van der Waals surface area (Å²) in [6.45, 7) is 4.19. The first-order valence-corrected chi connectivity index (χ1v) is 8.79. The molecule has 1 aliphatic heterocycles. The normalized spacial score (nSPS) is 15.1. The summed E-state index contributed by atoms with van der Waals surface area (Å²) in [5.74, 6) is 1.62. The minimum absolute atomic E-state index is 0.100. The lowest BCUT2D eigenvalue weighted by Crippen LogP contribution is -2.47. The SMILES string of the molecule is Cc1cnn(-c2cccc(N3CCN(c4nccc(C(F)(F)F)n4)CC3)n2)c1. The predicted molar refractivity (Wildman–Crippen MR) is 97.6 cm³/mol. The lowest BCUT2D eigenvalue weighted by molar-refractivity contribution is -0.141. The Morgan fingerprint density at radius 3 is 2.32 bits per heavy atom. The lowest BCUT2D eigenvalue weighted by Gasteiger charge is -2.35. The Labute approximate surface area is 159 Å². The minimum Gasteiger partial charge on any atom is -0.353 e. The Balaban J connectivity index is 1.46. The molecule has 0 atom stereocenters. The maximum absolute atomic E-state index is 12.9. The van der Waals surface area contributed by atoms with Gasteiger partial charge in [-0.25, -0.2) is 19.6 Å². The van der Waals surface area contributed by atoms with Crippen molar-refractivity contribution in [1.82, 2.24) is 24.7 Å². The summed E-state index contributed by atoms with van der Waals surface area (Å²) in [6.07, 6.45) is 0.334. The molecule has 1 aliphatic rings. The third-order valence-corrected chi connectivity index (χ3v) is 4.49. The molecule has 146 valence electrons. The van der Waals surface area contributed by atoms with Crippen LogP contribution in [0.2, 0.25) is 0 Å². The fourth-order valence-electron chi connectivity index (χ4n) is 3.05. The number of aromatic nitrogens is 5. The first-order valence-electron chi connectivity index (χ1n) is 8.79. The average molecular weight is 389 g/mol. The van der Waals surface area contributed by atoms with Gasteiger partial charge in [-0.05, 0) is 30.7 Å². The number of halogens is 3. The van der Waals surface area contributed by atoms with Crippen molar-refractivity contribution in [2.75, 3.05) is 36.0 Å². The number of rotatable bonds is 3. The highest BCUT2D eigenvalue weighted by molar-refractivity contribution is 5.45. The van der Waals surface area contributed by atoms with Gasteiger partial charge in [0.25, 0.3) is 0 Å². The maximum Gasteiger partial charge on any atom is 0.433 e. The molecule has 1 saturated heterocycles. The van der Waals surface area contributed by atoms with E-state index in [1.165, 1.54) is 0 Å². The molecule has 4 heterocycles. The van der Waals surface area contributed by atoms with E-state index in [1.54, 1.807) is 15.8 Å². The molecule has 0 aliphatic carbocycles. The van der Waals surface area contributed by atoms with Crippen molar-refractivity contribution in [3.63, 3.8) is 0 Å². The molecule has 0 unspecified atom stereocenters. The molecule has 0 saturated carbocycles. The third-order valence-electron chi connectivity index (χ3n) is 4.49. The van der Waals surface area contributed by atoms with Gasteiger partial charge in [0.15, 0.2) is 5.82 Å². The highest BCUT2D eigenvalue weighted by Crippen LogP contribution is 2.28. The molecule has 0 radical (unpaired) electrons. The summed E-state index contributed by atoms with van der Waals surface area (Å²) in [5.41, 5.74) is 0.116. The Morgan fingerprint density at radius 2 is 1.64 bits per heavy atom. The number of pyridine rings is 1. The zero-order valence-electron chi connectivity index (χ0n) is 15.1. The molecule has 1 fully saturated rings. The van der Waals surface area contributed by atoms with Gasteiger partial charge < -0.3 is 9.80 Å². The van der Waals surface area contributed by atoms with Crippen molar-refractivity contribution >= 4 is 11.8 Å². The highest BCUT2D eigenvalue weighted by atomic mass is 19.4. The summed E-state index contributed by atoms with van der Waals surface area (Å²) in [4.78, 5) is 16.2. The van der Waals surface area contributed by atoms with Crippen LogP contribution in [-0.2, 0) is 6.18 Å². The molecule has 0 amide bonds. The van der Waals surface area contributed by atoms with E-state index >= 15 is 0 Å². The van der Waals surface area contributed by atoms with Crippen LogP contribution in [-0.4, -0.2) is 50.9 Å². The van der Waals surface area contributed by atoms with Gasteiger partial charge in [0, 0.05) is 38.6 Å². The number of piperazine rings is 1. The fraction of sp³-hybridized carbons (Fsp3) is 0.333. The topological polar surface area (TPSA) is 63.0 Å². The van der Waals surface area contributed by atoms with Crippen LogP contribution in [0.1, 0.15) is 11.3 Å². The number of alkyl halides is 3. The lowest BCUT2D eigenvalue weighted by atomic mass is 10.3. The molecule has 7 nitrogen and oxygen atoms in total. The summed E-state index contributed by atoms with van der Waals surface area (Å²) in [5, 5.41) is 4.27. The number of hydrogen-bond donors (Lipinski definition) is 0. The molecule has 3 aromatic heterocycles. The summed E-state index contributed by atoms with van der Waals surface area (Å²) < 4.78 is 40.3. The second-order valence-electron chi connectivity index (χ2n) is 6.53. The van der Waals surface area contributed by atoms with Crippen molar-refractivity contribution in [3.8, 4) is 5.82 Å². The van der Waals surface area contributed by atoms with Crippen LogP contribution in [0, 0.1) is 6.92 Å². The van der Waals surface area contributed by atoms with Gasteiger partial charge in [0.05, 0.1) is 6.20 Å². The number of nitrogens with zero attached hydrogens (tertiary/aromatic N) is 7. The monoisotopic (exact) mass is 389 g/mol. The second kappa shape index (κ2) is 7.10. The zero-order chi connectivity index (χ0) is 19.7. The van der Waals surface area contributed by atoms with Gasteiger partial charge in [0.1, 0.15) is 11.5 Å². The van der Waals surface area contributed by atoms with Crippen LogP contribution in [0.25, 0.3) is 5.82 Å². The van der Waals surface area contributed by atoms with Gasteiger partial charge in [0.2, 0.25) is 5.95 Å². The Kier molecular flexibility index (Phi) is 4.62. The second-order valence-corrected chi connectivity index (χ2v) is 6.53. The van der Waals surface area contributed by atoms with E-state index in [9.17, 15) is 13.2 Å². The molecule has 3 aromatic rings. The average Bonchev–Trinajstić information content (AvgIpc) is 3.14. The van der Waals surface area contributed by atoms with Crippen molar-refractivity contribution in [1.29, 1.82) is 0 Å². The van der Waals surface area contributed by atoms with E-state index in [1.807, 2.05) is 31.3 Å². The third kappa shape index (κ3) is 3.75. The van der Waals surface area contributed by atoms with E-state index in [0.29, 0.717) is 32.0 Å². The van der Waals surface area contributed by atoms with Crippen LogP contribution in [0.4, 0.5) is 24.9 Å². The molecule has 10 heteroatoms. The first kappa shape index (κ1) is 18.2. The van der Waals surface area contributed by atoms with E-state index < -0.39 is 11.9 Å². The number of hydrogen-bond acceptors (Lipinski definition) is 6. The maximum atomic E-state index is 12.9. The summed E-state index contributed by atoms with van der Waals surface area (Å²) in [6, 6.07) is 6.59. The van der Waals surface area contributed by atoms with Crippen LogP contribution < -0.4 is 9.80 Å². The Hall–Kier alpha value is -3.17. The van der Waals surface area contributed by atoms with Gasteiger partial charge in [-0.15, -0.1) is 0 Å². The van der Waals surface area contributed by atoms with Gasteiger partial charge in [-0.2, -0.15) is 18.3 Å². The van der Waals surface area contributed by atoms with Crippen molar-refractivity contribution < 1.29 is 13.2 Å². The quantitative estimate of drug-likeness (QED) is 0.687. The summed E-state index contributed by atoms with van der Waals surface area (Å²) >= 11 is 0. The van der Waals surface area contributed by atoms with Crippen LogP contribution in [0.3, 0.4) is 0 Å². The molecule has 0 bridgehead atoms. The van der Waals surface area contributed by atoms with Crippen molar-refractivity contribution in [2.45, 2.75) is 13.1 Å². The van der Waals surface area contributed by atoms with Crippen LogP contribution >= 0.6 is 0 Å². The predicted octanol–water partition coefficient (Wildman–Crippen LogP) is 2.71. The number of anilines is 2. The molecule has 4 rings (SSSR count). The first-order chi connectivity index (χ1) is 13.4. The fourth-order valence-corrected chi connectivity index (χ4v) is 3.05. The van der Waals surface area contributed by atoms with Gasteiger partial charge in [-0.3, -0.25) is 0 Å². The zero-order valence-corrected chi connectivity index (χ0v) is 15.1. The minimum atomic E-state index is -4.48. The number of aryl methyl sites for hydroxylation is 1. The summed E-state index contributed by atoms with van der Waals surface area (Å²) in [7, 11) is 0. The van der Waals surface area contributed by atoms with Crippen molar-refractivity contribution in [2.24, 2.45) is 0 Å². The van der Waals surface area contributed by atoms with Gasteiger partial charge in [-0.1, -0.05) is 6.07 Å².